The smallest absolute Gasteiger partial charge is 0.247 e. The van der Waals surface area contributed by atoms with Gasteiger partial charge in [-0.15, -0.1) is 0 Å². The highest BCUT2D eigenvalue weighted by atomic mass is 16.2. The Morgan fingerprint density at radius 1 is 0.485 bits per heavy atom. The summed E-state index contributed by atoms with van der Waals surface area (Å²) in [5, 5.41) is 47.3. The number of nitrogens with one attached hydrogen (secondary N) is 4. The van der Waals surface area contributed by atoms with E-state index in [0.29, 0.717) is 35.9 Å². The number of aromatic nitrogens is 10. The second-order valence-electron chi connectivity index (χ2n) is 16.5. The maximum atomic E-state index is 13.2. The van der Waals surface area contributed by atoms with Gasteiger partial charge in [-0.1, -0.05) is 38.1 Å². The number of anilines is 2. The molecule has 0 spiro atoms. The Labute approximate surface area is 394 Å². The van der Waals surface area contributed by atoms with Crippen molar-refractivity contribution in [3.8, 4) is 34.4 Å². The predicted molar refractivity (Wildman–Crippen MR) is 257 cm³/mol. The highest BCUT2D eigenvalue weighted by Crippen LogP contribution is 2.24. The Bertz CT molecular complexity index is 2800. The molecule has 68 heavy (non-hydrogen) atoms. The first-order chi connectivity index (χ1) is 32.8. The lowest BCUT2D eigenvalue weighted by molar-refractivity contribution is -0.119. The molecule has 0 bridgehead atoms. The Hall–Kier alpha value is -8.58. The standard InChI is InChI=1S/2C25H26N8O/c2*1-17(19-6-4-18(10-26)5-7-19)11-28-24(22-14-30-33(3)16-22)25(34)31-23-9-8-20(12-27-23)21-13-29-32(2)15-21/h2*4-9,12-17,24,28H,11H2,1-3H3,(H,27,31,34)/t17-,24+;17-,24-/m11/s1. The van der Waals surface area contributed by atoms with E-state index in [4.69, 9.17) is 10.5 Å². The number of rotatable bonds is 16. The van der Waals surface area contributed by atoms with Crippen molar-refractivity contribution in [1.82, 2.24) is 59.7 Å². The van der Waals surface area contributed by atoms with Gasteiger partial charge in [0.2, 0.25) is 11.8 Å². The van der Waals surface area contributed by atoms with Crippen molar-refractivity contribution in [2.24, 2.45) is 28.2 Å². The van der Waals surface area contributed by atoms with Gasteiger partial charge in [0.15, 0.2) is 0 Å². The Balaban J connectivity index is 0.000000201. The van der Waals surface area contributed by atoms with E-state index < -0.39 is 12.1 Å². The van der Waals surface area contributed by atoms with E-state index >= 15 is 0 Å². The minimum atomic E-state index is -0.602. The summed E-state index contributed by atoms with van der Waals surface area (Å²) in [7, 11) is 7.35. The maximum absolute atomic E-state index is 13.2. The number of aryl methyl sites for hydroxylation is 4. The first-order valence-electron chi connectivity index (χ1n) is 21.8. The highest BCUT2D eigenvalue weighted by Gasteiger charge is 2.25. The third kappa shape index (κ3) is 12.4. The molecule has 4 atom stereocenters. The fourth-order valence-corrected chi connectivity index (χ4v) is 7.31. The topological polar surface area (TPSA) is 227 Å². The van der Waals surface area contributed by atoms with E-state index in [1.165, 1.54) is 0 Å². The molecule has 8 rings (SSSR count). The van der Waals surface area contributed by atoms with Crippen molar-refractivity contribution in [2.45, 2.75) is 37.8 Å². The SMILES string of the molecule is C[C@H](CN[C@@H](C(=O)Nc1ccc(-c2cnn(C)c2)cn1)c1cnn(C)c1)c1ccc(C#N)cc1.C[C@H](CN[C@H](C(=O)Nc1ccc(-c2cnn(C)c2)cn1)c1cnn(C)c1)c1ccc(C#N)cc1. The van der Waals surface area contributed by atoms with Gasteiger partial charge in [0.05, 0.1) is 48.1 Å². The molecule has 0 unspecified atom stereocenters. The number of nitriles is 2. The summed E-state index contributed by atoms with van der Waals surface area (Å²) in [6.45, 7) is 5.27. The number of hydrogen-bond acceptors (Lipinski definition) is 12. The summed E-state index contributed by atoms with van der Waals surface area (Å²) < 4.78 is 6.80. The van der Waals surface area contributed by atoms with Crippen LogP contribution in [0.25, 0.3) is 22.3 Å². The molecule has 0 fully saturated rings. The molecule has 6 aromatic heterocycles. The van der Waals surface area contributed by atoms with Gasteiger partial charge >= 0.3 is 0 Å². The van der Waals surface area contributed by atoms with E-state index in [1.54, 1.807) is 92.3 Å². The second-order valence-corrected chi connectivity index (χ2v) is 16.5. The molecule has 344 valence electrons. The van der Waals surface area contributed by atoms with E-state index in [1.807, 2.05) is 89.4 Å². The summed E-state index contributed by atoms with van der Waals surface area (Å²) in [6.07, 6.45) is 17.8. The lowest BCUT2D eigenvalue weighted by Gasteiger charge is -2.20. The molecule has 0 saturated carbocycles. The number of carbonyl (C=O) groups is 2. The quantitative estimate of drug-likeness (QED) is 0.0836. The van der Waals surface area contributed by atoms with Crippen molar-refractivity contribution in [3.05, 3.63) is 168 Å². The summed E-state index contributed by atoms with van der Waals surface area (Å²) in [5.74, 6) is 0.762. The zero-order chi connectivity index (χ0) is 48.2. The Morgan fingerprint density at radius 3 is 1.15 bits per heavy atom. The molecule has 4 N–H and O–H groups in total. The van der Waals surface area contributed by atoms with Crippen LogP contribution in [-0.2, 0) is 37.8 Å². The molecule has 0 aliphatic carbocycles. The van der Waals surface area contributed by atoms with Gasteiger partial charge < -0.3 is 21.3 Å². The molecule has 8 aromatic rings. The van der Waals surface area contributed by atoms with Crippen LogP contribution in [0.3, 0.4) is 0 Å². The largest absolute Gasteiger partial charge is 0.309 e. The molecule has 0 saturated heterocycles. The highest BCUT2D eigenvalue weighted by molar-refractivity contribution is 5.95. The third-order valence-electron chi connectivity index (χ3n) is 11.2. The predicted octanol–water partition coefficient (Wildman–Crippen LogP) is 6.32. The normalized spacial score (nSPS) is 12.6. The first-order valence-corrected chi connectivity index (χ1v) is 21.8. The minimum absolute atomic E-state index is 0.136. The van der Waals surface area contributed by atoms with Gasteiger partial charge in [0.1, 0.15) is 23.7 Å². The van der Waals surface area contributed by atoms with Crippen LogP contribution in [0.4, 0.5) is 11.6 Å². The number of benzene rings is 2. The van der Waals surface area contributed by atoms with E-state index in [2.05, 4.69) is 77.6 Å². The Morgan fingerprint density at radius 2 is 0.853 bits per heavy atom. The molecule has 2 aromatic carbocycles. The molecule has 0 radical (unpaired) electrons. The van der Waals surface area contributed by atoms with Crippen LogP contribution in [0.2, 0.25) is 0 Å². The zero-order valence-electron chi connectivity index (χ0n) is 38.6. The maximum Gasteiger partial charge on any atom is 0.247 e. The summed E-state index contributed by atoms with van der Waals surface area (Å²) in [4.78, 5) is 35.2. The van der Waals surface area contributed by atoms with Crippen molar-refractivity contribution in [3.63, 3.8) is 0 Å². The molecular formula is C50H52N16O2. The van der Waals surface area contributed by atoms with Crippen LogP contribution in [0, 0.1) is 22.7 Å². The van der Waals surface area contributed by atoms with E-state index in [-0.39, 0.29) is 23.7 Å². The lowest BCUT2D eigenvalue weighted by atomic mass is 9.99. The van der Waals surface area contributed by atoms with Crippen molar-refractivity contribution in [2.75, 3.05) is 23.7 Å². The number of pyridine rings is 2. The molecule has 0 aliphatic rings. The van der Waals surface area contributed by atoms with Crippen LogP contribution in [0.15, 0.2) is 135 Å². The average molecular weight is 909 g/mol. The van der Waals surface area contributed by atoms with E-state index in [0.717, 1.165) is 44.5 Å². The summed E-state index contributed by atoms with van der Waals surface area (Å²) >= 11 is 0. The lowest BCUT2D eigenvalue weighted by Crippen LogP contribution is -2.35. The second kappa shape index (κ2) is 22.1. The monoisotopic (exact) mass is 908 g/mol. The molecule has 6 heterocycles. The average Bonchev–Trinajstić information content (AvgIpc) is 4.19. The fraction of sp³-hybridized carbons (Fsp3) is 0.240. The van der Waals surface area contributed by atoms with Gasteiger partial charge in [-0.05, 0) is 71.5 Å². The number of hydrogen-bond donors (Lipinski definition) is 4. The van der Waals surface area contributed by atoms with E-state index in [9.17, 15) is 9.59 Å². The molecule has 18 nitrogen and oxygen atoms in total. The number of carbonyl (C=O) groups excluding carboxylic acids is 2. The summed E-state index contributed by atoms with van der Waals surface area (Å²) in [6, 6.07) is 25.4. The van der Waals surface area contributed by atoms with Crippen LogP contribution in [0.1, 0.15) is 71.1 Å². The van der Waals surface area contributed by atoms with Crippen LogP contribution in [0.5, 0.6) is 0 Å². The van der Waals surface area contributed by atoms with Crippen LogP contribution < -0.4 is 21.3 Å². The summed E-state index contributed by atoms with van der Waals surface area (Å²) in [5.41, 5.74) is 8.71. The Kier molecular flexibility index (Phi) is 15.4. The van der Waals surface area contributed by atoms with Gasteiger partial charge in [-0.25, -0.2) is 9.97 Å². The number of nitrogens with zero attached hydrogens (tertiary/aromatic N) is 12. The van der Waals surface area contributed by atoms with Crippen molar-refractivity contribution < 1.29 is 9.59 Å². The molecule has 18 heteroatoms. The van der Waals surface area contributed by atoms with Gasteiger partial charge in [-0.3, -0.25) is 28.3 Å². The van der Waals surface area contributed by atoms with Crippen molar-refractivity contribution in [1.29, 1.82) is 10.5 Å². The fourth-order valence-electron chi connectivity index (χ4n) is 7.31. The third-order valence-corrected chi connectivity index (χ3v) is 11.2. The number of amides is 2. The van der Waals surface area contributed by atoms with Crippen molar-refractivity contribution >= 4 is 23.5 Å². The molecule has 0 aliphatic heterocycles. The molecule has 2 amide bonds. The zero-order valence-corrected chi connectivity index (χ0v) is 38.6. The minimum Gasteiger partial charge on any atom is -0.309 e. The van der Waals surface area contributed by atoms with Gasteiger partial charge in [-0.2, -0.15) is 30.9 Å². The van der Waals surface area contributed by atoms with Crippen LogP contribution >= 0.6 is 0 Å². The van der Waals surface area contributed by atoms with Gasteiger partial charge in [0.25, 0.3) is 0 Å². The molecular weight excluding hydrogens is 857 g/mol. The van der Waals surface area contributed by atoms with Gasteiger partial charge in [0, 0.05) is 112 Å². The first kappa shape index (κ1) is 47.4. The van der Waals surface area contributed by atoms with Crippen LogP contribution in [-0.4, -0.2) is 74.0 Å².